The molecule has 0 aliphatic carbocycles. The van der Waals surface area contributed by atoms with E-state index in [0.717, 1.165) is 31.6 Å². The van der Waals surface area contributed by atoms with Gasteiger partial charge in [-0.3, -0.25) is 9.58 Å². The van der Waals surface area contributed by atoms with Gasteiger partial charge in [-0.1, -0.05) is 0 Å². The highest BCUT2D eigenvalue weighted by Gasteiger charge is 2.29. The second-order valence-electron chi connectivity index (χ2n) is 6.70. The fourth-order valence-corrected chi connectivity index (χ4v) is 2.98. The van der Waals surface area contributed by atoms with Crippen LogP contribution in [0, 0.1) is 6.92 Å². The van der Waals surface area contributed by atoms with E-state index >= 15 is 0 Å². The van der Waals surface area contributed by atoms with Crippen LogP contribution in [0.15, 0.2) is 6.20 Å². The van der Waals surface area contributed by atoms with Crippen LogP contribution in [0.25, 0.3) is 0 Å². The maximum atomic E-state index is 11.9. The van der Waals surface area contributed by atoms with Gasteiger partial charge in [-0.2, -0.15) is 5.10 Å². The van der Waals surface area contributed by atoms with Gasteiger partial charge in [0.1, 0.15) is 5.56 Å². The third-order valence-electron chi connectivity index (χ3n) is 4.30. The smallest absolute Gasteiger partial charge is 0.341 e. The van der Waals surface area contributed by atoms with Crippen molar-refractivity contribution >= 4 is 5.97 Å². The minimum atomic E-state index is -0.270. The molecule has 1 fully saturated rings. The van der Waals surface area contributed by atoms with Gasteiger partial charge >= 0.3 is 5.97 Å². The van der Waals surface area contributed by atoms with Crippen LogP contribution in [-0.4, -0.2) is 45.9 Å². The van der Waals surface area contributed by atoms with Crippen LogP contribution in [0.2, 0.25) is 0 Å². The zero-order valence-corrected chi connectivity index (χ0v) is 13.8. The van der Waals surface area contributed by atoms with Gasteiger partial charge in [0.15, 0.2) is 0 Å². The van der Waals surface area contributed by atoms with Gasteiger partial charge in [0, 0.05) is 18.6 Å². The van der Waals surface area contributed by atoms with E-state index in [1.807, 2.05) is 18.5 Å². The molecule has 0 aromatic carbocycles. The third-order valence-corrected chi connectivity index (χ3v) is 4.30. The van der Waals surface area contributed by atoms with Crippen molar-refractivity contribution in [1.82, 2.24) is 14.7 Å². The molecule has 0 amide bonds. The summed E-state index contributed by atoms with van der Waals surface area (Å²) in [6.45, 7) is 13.1. The summed E-state index contributed by atoms with van der Waals surface area (Å²) in [5.74, 6) is -0.270. The van der Waals surface area contributed by atoms with Crippen LogP contribution < -0.4 is 0 Å². The second kappa shape index (κ2) is 6.18. The zero-order chi connectivity index (χ0) is 15.6. The molecule has 0 radical (unpaired) electrons. The molecule has 1 aliphatic rings. The molecule has 0 unspecified atom stereocenters. The number of rotatable bonds is 3. The largest absolute Gasteiger partial charge is 0.462 e. The molecule has 1 saturated heterocycles. The van der Waals surface area contributed by atoms with E-state index in [2.05, 4.69) is 30.8 Å². The number of piperidine rings is 1. The van der Waals surface area contributed by atoms with E-state index in [1.54, 1.807) is 6.20 Å². The van der Waals surface area contributed by atoms with Crippen LogP contribution >= 0.6 is 0 Å². The van der Waals surface area contributed by atoms with E-state index < -0.39 is 0 Å². The second-order valence-corrected chi connectivity index (χ2v) is 6.70. The highest BCUT2D eigenvalue weighted by molar-refractivity contribution is 5.90. The maximum absolute atomic E-state index is 11.9. The summed E-state index contributed by atoms with van der Waals surface area (Å²) in [5, 5.41) is 4.43. The molecule has 118 valence electrons. The molecule has 0 N–H and O–H groups in total. The Labute approximate surface area is 127 Å². The van der Waals surface area contributed by atoms with Gasteiger partial charge in [0.05, 0.1) is 24.5 Å². The molecule has 1 aromatic rings. The van der Waals surface area contributed by atoms with E-state index in [4.69, 9.17) is 4.74 Å². The van der Waals surface area contributed by atoms with E-state index in [9.17, 15) is 4.79 Å². The quantitative estimate of drug-likeness (QED) is 0.804. The van der Waals surface area contributed by atoms with Gasteiger partial charge in [-0.15, -0.1) is 0 Å². The van der Waals surface area contributed by atoms with E-state index in [0.29, 0.717) is 18.2 Å². The summed E-state index contributed by atoms with van der Waals surface area (Å²) in [6, 6.07) is 0.381. The molecule has 1 aromatic heterocycles. The number of aromatic nitrogens is 2. The monoisotopic (exact) mass is 293 g/mol. The molecule has 2 heterocycles. The van der Waals surface area contributed by atoms with Crippen LogP contribution in [0.5, 0.6) is 0 Å². The fourth-order valence-electron chi connectivity index (χ4n) is 2.98. The maximum Gasteiger partial charge on any atom is 0.341 e. The van der Waals surface area contributed by atoms with Crippen molar-refractivity contribution in [3.63, 3.8) is 0 Å². The van der Waals surface area contributed by atoms with Crippen molar-refractivity contribution in [3.8, 4) is 0 Å². The van der Waals surface area contributed by atoms with Crippen molar-refractivity contribution < 1.29 is 9.53 Å². The minimum absolute atomic E-state index is 0.222. The fraction of sp³-hybridized carbons (Fsp3) is 0.750. The standard InChI is InChI=1S/C16H27N3O2/c1-6-21-15(20)14-11-17-19(12(14)2)13-7-9-18(10-8-13)16(3,4)5/h11,13H,6-10H2,1-5H3. The Morgan fingerprint density at radius 1 is 1.38 bits per heavy atom. The average Bonchev–Trinajstić information content (AvgIpc) is 2.80. The van der Waals surface area contributed by atoms with Crippen molar-refractivity contribution in [3.05, 3.63) is 17.5 Å². The predicted molar refractivity (Wildman–Crippen MR) is 82.5 cm³/mol. The SMILES string of the molecule is CCOC(=O)c1cnn(C2CCN(C(C)(C)C)CC2)c1C. The number of hydrogen-bond acceptors (Lipinski definition) is 4. The zero-order valence-electron chi connectivity index (χ0n) is 13.8. The molecule has 21 heavy (non-hydrogen) atoms. The molecule has 1 aliphatic heterocycles. The first kappa shape index (κ1) is 16.0. The lowest BCUT2D eigenvalue weighted by Gasteiger charge is -2.41. The highest BCUT2D eigenvalue weighted by atomic mass is 16.5. The first-order valence-electron chi connectivity index (χ1n) is 7.81. The van der Waals surface area contributed by atoms with Crippen molar-refractivity contribution in [1.29, 1.82) is 0 Å². The van der Waals surface area contributed by atoms with Gasteiger partial charge in [-0.05, 0) is 47.5 Å². The van der Waals surface area contributed by atoms with Crippen LogP contribution in [-0.2, 0) is 4.74 Å². The van der Waals surface area contributed by atoms with Crippen LogP contribution in [0.3, 0.4) is 0 Å². The number of ether oxygens (including phenoxy) is 1. The molecule has 0 saturated carbocycles. The predicted octanol–water partition coefficient (Wildman–Crippen LogP) is 2.80. The molecule has 2 rings (SSSR count). The van der Waals surface area contributed by atoms with Crippen LogP contribution in [0.1, 0.15) is 62.6 Å². The van der Waals surface area contributed by atoms with Crippen molar-refractivity contribution in [2.75, 3.05) is 19.7 Å². The Hall–Kier alpha value is -1.36. The number of nitrogens with zero attached hydrogens (tertiary/aromatic N) is 3. The summed E-state index contributed by atoms with van der Waals surface area (Å²) in [5.41, 5.74) is 1.73. The van der Waals surface area contributed by atoms with Crippen molar-refractivity contribution in [2.45, 2.75) is 59.0 Å². The summed E-state index contributed by atoms with van der Waals surface area (Å²) >= 11 is 0. The lowest BCUT2D eigenvalue weighted by Crippen LogP contribution is -2.46. The number of carbonyl (C=O) groups is 1. The molecule has 5 nitrogen and oxygen atoms in total. The third kappa shape index (κ3) is 3.46. The summed E-state index contributed by atoms with van der Waals surface area (Å²) in [6.07, 6.45) is 3.79. The number of carbonyl (C=O) groups excluding carboxylic acids is 1. The summed E-state index contributed by atoms with van der Waals surface area (Å²) in [7, 11) is 0. The van der Waals surface area contributed by atoms with E-state index in [-0.39, 0.29) is 11.5 Å². The van der Waals surface area contributed by atoms with Gasteiger partial charge in [0.25, 0.3) is 0 Å². The first-order chi connectivity index (χ1) is 9.84. The Balaban J connectivity index is 2.06. The summed E-state index contributed by atoms with van der Waals surface area (Å²) in [4.78, 5) is 14.4. The molecule has 0 bridgehead atoms. The summed E-state index contributed by atoms with van der Waals surface area (Å²) < 4.78 is 7.08. The molecular formula is C16H27N3O2. The highest BCUT2D eigenvalue weighted by Crippen LogP contribution is 2.28. The van der Waals surface area contributed by atoms with Crippen LogP contribution in [0.4, 0.5) is 0 Å². The van der Waals surface area contributed by atoms with Gasteiger partial charge < -0.3 is 4.74 Å². The topological polar surface area (TPSA) is 47.4 Å². The lowest BCUT2D eigenvalue weighted by molar-refractivity contribution is 0.0525. The van der Waals surface area contributed by atoms with Crippen molar-refractivity contribution in [2.24, 2.45) is 0 Å². The lowest BCUT2D eigenvalue weighted by atomic mass is 9.98. The minimum Gasteiger partial charge on any atom is -0.462 e. The Bertz CT molecular complexity index is 494. The normalized spacial score (nSPS) is 18.0. The molecular weight excluding hydrogens is 266 g/mol. The Kier molecular flexibility index (Phi) is 4.71. The van der Waals surface area contributed by atoms with Gasteiger partial charge in [0.2, 0.25) is 0 Å². The number of esters is 1. The first-order valence-corrected chi connectivity index (χ1v) is 7.81. The Morgan fingerprint density at radius 2 is 2.00 bits per heavy atom. The molecule has 0 atom stereocenters. The van der Waals surface area contributed by atoms with Gasteiger partial charge in [-0.25, -0.2) is 4.79 Å². The number of likely N-dealkylation sites (tertiary alicyclic amines) is 1. The van der Waals surface area contributed by atoms with E-state index in [1.165, 1.54) is 0 Å². The average molecular weight is 293 g/mol. The molecule has 5 heteroatoms. The molecule has 0 spiro atoms. The Morgan fingerprint density at radius 3 is 2.52 bits per heavy atom. The number of hydrogen-bond donors (Lipinski definition) is 0.